The van der Waals surface area contributed by atoms with Crippen LogP contribution in [0.4, 0.5) is 0 Å². The summed E-state index contributed by atoms with van der Waals surface area (Å²) < 4.78 is 35.6. The van der Waals surface area contributed by atoms with Gasteiger partial charge in [0.05, 0.1) is 20.3 Å². The van der Waals surface area contributed by atoms with Crippen LogP contribution in [0.15, 0.2) is 60.7 Å². The van der Waals surface area contributed by atoms with Crippen LogP contribution >= 0.6 is 0 Å². The van der Waals surface area contributed by atoms with Crippen molar-refractivity contribution in [1.29, 1.82) is 0 Å². The van der Waals surface area contributed by atoms with E-state index in [1.54, 1.807) is 6.92 Å². The molecule has 2 aliphatic rings. The summed E-state index contributed by atoms with van der Waals surface area (Å²) in [6.45, 7) is 3.47. The fraction of sp³-hybridized carbons (Fsp3) is 0.462. The Morgan fingerprint density at radius 1 is 1.06 bits per heavy atom. The molecule has 2 aliphatic heterocycles. The number of fused-ring (bicyclic) bond motifs is 1. The second-order valence-corrected chi connectivity index (χ2v) is 8.51. The summed E-state index contributed by atoms with van der Waals surface area (Å²) in [5.74, 6) is -0.834. The summed E-state index contributed by atoms with van der Waals surface area (Å²) in [7, 11) is 1.29. The van der Waals surface area contributed by atoms with E-state index in [1.165, 1.54) is 14.0 Å². The number of hydrogen-bond donors (Lipinski definition) is 1. The number of rotatable bonds is 8. The molecule has 0 aliphatic carbocycles. The molecular formula is C26H31NO8. The second-order valence-electron chi connectivity index (χ2n) is 8.51. The van der Waals surface area contributed by atoms with Crippen molar-refractivity contribution in [2.45, 2.75) is 63.5 Å². The average molecular weight is 486 g/mol. The number of hydrogen-bond acceptors (Lipinski definition) is 8. The van der Waals surface area contributed by atoms with E-state index in [0.717, 1.165) is 11.1 Å². The monoisotopic (exact) mass is 485 g/mol. The Bertz CT molecular complexity index is 972. The van der Waals surface area contributed by atoms with Gasteiger partial charge in [-0.3, -0.25) is 4.79 Å². The zero-order valence-electron chi connectivity index (χ0n) is 20.0. The van der Waals surface area contributed by atoms with Crippen LogP contribution in [0.5, 0.6) is 0 Å². The minimum atomic E-state index is -0.906. The fourth-order valence-electron chi connectivity index (χ4n) is 4.25. The first kappa shape index (κ1) is 25.3. The molecule has 1 amide bonds. The van der Waals surface area contributed by atoms with Gasteiger partial charge in [0.25, 0.3) is 0 Å². The molecule has 9 nitrogen and oxygen atoms in total. The quantitative estimate of drug-likeness (QED) is 0.569. The van der Waals surface area contributed by atoms with E-state index in [-0.39, 0.29) is 19.1 Å². The topological polar surface area (TPSA) is 102 Å². The largest absolute Gasteiger partial charge is 0.467 e. The first-order valence-electron chi connectivity index (χ1n) is 11.6. The molecule has 9 heteroatoms. The minimum Gasteiger partial charge on any atom is -0.467 e. The van der Waals surface area contributed by atoms with E-state index in [0.29, 0.717) is 0 Å². The van der Waals surface area contributed by atoms with Crippen LogP contribution in [0.3, 0.4) is 0 Å². The number of nitrogens with one attached hydrogen (secondary N) is 1. The van der Waals surface area contributed by atoms with Crippen molar-refractivity contribution in [3.8, 4) is 0 Å². The standard InChI is InChI=1S/C26H31NO8/c1-16(24(29)30-3)33-23-21(27-17(2)28)26(31-14-18-10-6-4-7-11-18)34-20-15-32-25(35-22(20)23)19-12-8-5-9-13-19/h4-13,16,20-23,25-26H,14-15H2,1-3H3,(H,27,28)/t16-,20+,21+,22+,23+,25+,26-/m0/s1. The molecule has 2 aromatic carbocycles. The van der Waals surface area contributed by atoms with Crippen LogP contribution in [0, 0.1) is 0 Å². The summed E-state index contributed by atoms with van der Waals surface area (Å²) in [6, 6.07) is 18.4. The van der Waals surface area contributed by atoms with E-state index in [9.17, 15) is 9.59 Å². The molecule has 188 valence electrons. The highest BCUT2D eigenvalue weighted by Crippen LogP contribution is 2.36. The maximum Gasteiger partial charge on any atom is 0.334 e. The molecule has 0 aromatic heterocycles. The molecule has 1 N–H and O–H groups in total. The molecule has 4 rings (SSSR count). The van der Waals surface area contributed by atoms with Gasteiger partial charge in [-0.1, -0.05) is 60.7 Å². The third kappa shape index (κ3) is 6.25. The van der Waals surface area contributed by atoms with Gasteiger partial charge in [0.2, 0.25) is 5.91 Å². The summed E-state index contributed by atoms with van der Waals surface area (Å²) in [4.78, 5) is 24.4. The molecular weight excluding hydrogens is 454 g/mol. The van der Waals surface area contributed by atoms with Gasteiger partial charge in [0.15, 0.2) is 18.7 Å². The van der Waals surface area contributed by atoms with Gasteiger partial charge in [-0.25, -0.2) is 4.79 Å². The van der Waals surface area contributed by atoms with E-state index >= 15 is 0 Å². The summed E-state index contributed by atoms with van der Waals surface area (Å²) >= 11 is 0. The predicted octanol–water partition coefficient (Wildman–Crippen LogP) is 2.49. The Kier molecular flexibility index (Phi) is 8.48. The average Bonchev–Trinajstić information content (AvgIpc) is 2.89. The number of methoxy groups -OCH3 is 1. The Hall–Kier alpha value is -2.82. The predicted molar refractivity (Wildman–Crippen MR) is 124 cm³/mol. The van der Waals surface area contributed by atoms with Crippen LogP contribution in [0.25, 0.3) is 0 Å². The van der Waals surface area contributed by atoms with Crippen LogP contribution in [0.2, 0.25) is 0 Å². The first-order chi connectivity index (χ1) is 17.0. The lowest BCUT2D eigenvalue weighted by Gasteiger charge is -2.49. The Morgan fingerprint density at radius 2 is 1.74 bits per heavy atom. The highest BCUT2D eigenvalue weighted by atomic mass is 16.8. The van der Waals surface area contributed by atoms with Crippen molar-refractivity contribution in [1.82, 2.24) is 5.32 Å². The van der Waals surface area contributed by atoms with Crippen LogP contribution in [-0.4, -0.2) is 62.3 Å². The van der Waals surface area contributed by atoms with Crippen molar-refractivity contribution in [3.05, 3.63) is 71.8 Å². The number of ether oxygens (including phenoxy) is 6. The number of amides is 1. The maximum absolute atomic E-state index is 12.2. The van der Waals surface area contributed by atoms with Gasteiger partial charge < -0.3 is 33.7 Å². The van der Waals surface area contributed by atoms with Crippen LogP contribution in [0.1, 0.15) is 31.3 Å². The van der Waals surface area contributed by atoms with Gasteiger partial charge >= 0.3 is 5.97 Å². The Balaban J connectivity index is 1.60. The molecule has 2 saturated heterocycles. The highest BCUT2D eigenvalue weighted by molar-refractivity contribution is 5.74. The minimum absolute atomic E-state index is 0.217. The fourth-order valence-corrected chi connectivity index (χ4v) is 4.25. The summed E-state index contributed by atoms with van der Waals surface area (Å²) in [5, 5.41) is 2.88. The van der Waals surface area contributed by atoms with Gasteiger partial charge in [-0.2, -0.15) is 0 Å². The van der Waals surface area contributed by atoms with Gasteiger partial charge in [-0.15, -0.1) is 0 Å². The molecule has 2 aromatic rings. The van der Waals surface area contributed by atoms with Gasteiger partial charge in [-0.05, 0) is 12.5 Å². The zero-order valence-corrected chi connectivity index (χ0v) is 20.0. The highest BCUT2D eigenvalue weighted by Gasteiger charge is 2.52. The van der Waals surface area contributed by atoms with Crippen molar-refractivity contribution in [2.24, 2.45) is 0 Å². The van der Waals surface area contributed by atoms with Crippen LogP contribution in [-0.2, 0) is 44.6 Å². The zero-order chi connectivity index (χ0) is 24.8. The van der Waals surface area contributed by atoms with Crippen molar-refractivity contribution >= 4 is 11.9 Å². The first-order valence-corrected chi connectivity index (χ1v) is 11.6. The Morgan fingerprint density at radius 3 is 2.40 bits per heavy atom. The molecule has 0 saturated carbocycles. The second kappa shape index (κ2) is 11.7. The van der Waals surface area contributed by atoms with Crippen molar-refractivity contribution < 1.29 is 38.0 Å². The van der Waals surface area contributed by atoms with Crippen molar-refractivity contribution in [3.63, 3.8) is 0 Å². The van der Waals surface area contributed by atoms with E-state index < -0.39 is 49.0 Å². The van der Waals surface area contributed by atoms with E-state index in [1.807, 2.05) is 60.7 Å². The summed E-state index contributed by atoms with van der Waals surface area (Å²) in [6.07, 6.45) is -4.39. The smallest absolute Gasteiger partial charge is 0.334 e. The SMILES string of the molecule is COC(=O)[C@H](C)O[C@@H]1[C@@H](NC(C)=O)[C@@H](OCc2ccccc2)O[C@@H]2CO[C@@H](c3ccccc3)O[C@@H]12. The Labute approximate surface area is 204 Å². The maximum atomic E-state index is 12.2. The third-order valence-corrected chi connectivity index (χ3v) is 5.93. The molecule has 0 unspecified atom stereocenters. The lowest BCUT2D eigenvalue weighted by molar-refractivity contribution is -0.352. The van der Waals surface area contributed by atoms with Gasteiger partial charge in [0.1, 0.15) is 24.4 Å². The van der Waals surface area contributed by atoms with Gasteiger partial charge in [0, 0.05) is 12.5 Å². The van der Waals surface area contributed by atoms with Crippen LogP contribution < -0.4 is 5.32 Å². The molecule has 35 heavy (non-hydrogen) atoms. The lowest BCUT2D eigenvalue weighted by atomic mass is 9.95. The molecule has 2 fully saturated rings. The molecule has 2 heterocycles. The molecule has 7 atom stereocenters. The van der Waals surface area contributed by atoms with E-state index in [2.05, 4.69) is 5.32 Å². The lowest BCUT2D eigenvalue weighted by Crippen LogP contribution is -2.68. The molecule has 0 bridgehead atoms. The number of benzene rings is 2. The number of carbonyl (C=O) groups is 2. The normalized spacial score (nSPS) is 29.0. The number of esters is 1. The molecule has 0 radical (unpaired) electrons. The summed E-state index contributed by atoms with van der Waals surface area (Å²) in [5.41, 5.74) is 1.78. The van der Waals surface area contributed by atoms with E-state index in [4.69, 9.17) is 28.4 Å². The van der Waals surface area contributed by atoms with Crippen molar-refractivity contribution in [2.75, 3.05) is 13.7 Å². The third-order valence-electron chi connectivity index (χ3n) is 5.93. The molecule has 0 spiro atoms. The number of carbonyl (C=O) groups excluding carboxylic acids is 2.